The van der Waals surface area contributed by atoms with E-state index < -0.39 is 0 Å². The van der Waals surface area contributed by atoms with Crippen LogP contribution in [0.4, 0.5) is 0 Å². The predicted molar refractivity (Wildman–Crippen MR) is 64.1 cm³/mol. The maximum absolute atomic E-state index is 11.5. The first-order valence-electron chi connectivity index (χ1n) is 6.12. The SMILES string of the molecule is O=C1NCc2c(OC3CCNCC3)cccc21. The average molecular weight is 232 g/mol. The molecule has 1 saturated heterocycles. The maximum atomic E-state index is 11.5. The fraction of sp³-hybridized carbons (Fsp3) is 0.462. The first-order chi connectivity index (χ1) is 8.34. The highest BCUT2D eigenvalue weighted by atomic mass is 16.5. The van der Waals surface area contributed by atoms with Gasteiger partial charge >= 0.3 is 0 Å². The lowest BCUT2D eigenvalue weighted by Gasteiger charge is -2.24. The monoisotopic (exact) mass is 232 g/mol. The van der Waals surface area contributed by atoms with Crippen LogP contribution in [0.2, 0.25) is 0 Å². The first kappa shape index (κ1) is 10.6. The molecule has 0 unspecified atom stereocenters. The normalized spacial score (nSPS) is 19.9. The van der Waals surface area contributed by atoms with Crippen molar-refractivity contribution in [2.75, 3.05) is 13.1 Å². The number of hydrogen-bond donors (Lipinski definition) is 2. The lowest BCUT2D eigenvalue weighted by molar-refractivity contribution is 0.0965. The molecule has 90 valence electrons. The highest BCUT2D eigenvalue weighted by Crippen LogP contribution is 2.28. The number of carbonyl (C=O) groups excluding carboxylic acids is 1. The minimum atomic E-state index is 0.00996. The Kier molecular flexibility index (Phi) is 2.73. The summed E-state index contributed by atoms with van der Waals surface area (Å²) in [7, 11) is 0. The molecule has 0 aromatic heterocycles. The van der Waals surface area contributed by atoms with Crippen molar-refractivity contribution in [1.29, 1.82) is 0 Å². The number of piperidine rings is 1. The van der Waals surface area contributed by atoms with Crippen molar-refractivity contribution in [3.8, 4) is 5.75 Å². The molecule has 0 atom stereocenters. The molecule has 2 N–H and O–H groups in total. The van der Waals surface area contributed by atoms with Gasteiger partial charge in [0.05, 0.1) is 0 Å². The number of amides is 1. The zero-order valence-corrected chi connectivity index (χ0v) is 9.66. The number of nitrogens with one attached hydrogen (secondary N) is 2. The molecule has 2 aliphatic heterocycles. The van der Waals surface area contributed by atoms with E-state index in [0.29, 0.717) is 6.54 Å². The van der Waals surface area contributed by atoms with Gasteiger partial charge in [0.1, 0.15) is 11.9 Å². The summed E-state index contributed by atoms with van der Waals surface area (Å²) in [6, 6.07) is 5.70. The summed E-state index contributed by atoms with van der Waals surface area (Å²) in [5, 5.41) is 6.14. The molecule has 2 heterocycles. The molecule has 1 aromatic rings. The topological polar surface area (TPSA) is 50.4 Å². The molecule has 1 fully saturated rings. The number of fused-ring (bicyclic) bond motifs is 1. The second-order valence-electron chi connectivity index (χ2n) is 4.53. The van der Waals surface area contributed by atoms with Crippen LogP contribution in [0.1, 0.15) is 28.8 Å². The second-order valence-corrected chi connectivity index (χ2v) is 4.53. The van der Waals surface area contributed by atoms with Gasteiger partial charge in [0.2, 0.25) is 0 Å². The molecule has 17 heavy (non-hydrogen) atoms. The smallest absolute Gasteiger partial charge is 0.252 e. The van der Waals surface area contributed by atoms with E-state index in [-0.39, 0.29) is 12.0 Å². The van der Waals surface area contributed by atoms with Crippen molar-refractivity contribution in [3.63, 3.8) is 0 Å². The summed E-state index contributed by atoms with van der Waals surface area (Å²) in [6.07, 6.45) is 2.34. The Morgan fingerprint density at radius 2 is 2.06 bits per heavy atom. The fourth-order valence-corrected chi connectivity index (χ4v) is 2.43. The predicted octanol–water partition coefficient (Wildman–Crippen LogP) is 1.06. The molecule has 1 amide bonds. The first-order valence-corrected chi connectivity index (χ1v) is 6.12. The van der Waals surface area contributed by atoms with Gasteiger partial charge in [-0.15, -0.1) is 0 Å². The van der Waals surface area contributed by atoms with Crippen molar-refractivity contribution in [3.05, 3.63) is 29.3 Å². The molecule has 2 aliphatic rings. The summed E-state index contributed by atoms with van der Waals surface area (Å²) in [6.45, 7) is 2.61. The van der Waals surface area contributed by atoms with Crippen LogP contribution in [-0.4, -0.2) is 25.1 Å². The van der Waals surface area contributed by atoms with Crippen LogP contribution in [-0.2, 0) is 6.54 Å². The van der Waals surface area contributed by atoms with Gasteiger partial charge in [-0.1, -0.05) is 6.07 Å². The maximum Gasteiger partial charge on any atom is 0.252 e. The van der Waals surface area contributed by atoms with Gasteiger partial charge in [0, 0.05) is 17.7 Å². The van der Waals surface area contributed by atoms with Crippen molar-refractivity contribution < 1.29 is 9.53 Å². The fourth-order valence-electron chi connectivity index (χ4n) is 2.43. The van der Waals surface area contributed by atoms with E-state index in [0.717, 1.165) is 42.8 Å². The van der Waals surface area contributed by atoms with E-state index >= 15 is 0 Å². The highest BCUT2D eigenvalue weighted by Gasteiger charge is 2.24. The molecule has 0 spiro atoms. The molecule has 0 bridgehead atoms. The quantitative estimate of drug-likeness (QED) is 0.801. The Bertz CT molecular complexity index is 439. The molecule has 4 heteroatoms. The third kappa shape index (κ3) is 2.00. The third-order valence-electron chi connectivity index (χ3n) is 3.38. The van der Waals surface area contributed by atoms with Gasteiger partial charge in [-0.05, 0) is 38.1 Å². The van der Waals surface area contributed by atoms with Gasteiger partial charge in [0.25, 0.3) is 5.91 Å². The van der Waals surface area contributed by atoms with Gasteiger partial charge < -0.3 is 15.4 Å². The zero-order chi connectivity index (χ0) is 11.7. The number of ether oxygens (including phenoxy) is 1. The third-order valence-corrected chi connectivity index (χ3v) is 3.38. The van der Waals surface area contributed by atoms with Crippen molar-refractivity contribution in [2.45, 2.75) is 25.5 Å². The summed E-state index contributed by atoms with van der Waals surface area (Å²) in [5.74, 6) is 0.878. The van der Waals surface area contributed by atoms with Gasteiger partial charge in [-0.25, -0.2) is 0 Å². The van der Waals surface area contributed by atoms with E-state index in [9.17, 15) is 4.79 Å². The largest absolute Gasteiger partial charge is 0.490 e. The van der Waals surface area contributed by atoms with Gasteiger partial charge in [-0.2, -0.15) is 0 Å². The average Bonchev–Trinajstić information content (AvgIpc) is 2.74. The van der Waals surface area contributed by atoms with Crippen LogP contribution in [0.15, 0.2) is 18.2 Å². The summed E-state index contributed by atoms with van der Waals surface area (Å²) in [5.41, 5.74) is 1.77. The Labute approximate surface area is 100 Å². The van der Waals surface area contributed by atoms with Crippen LogP contribution in [0.5, 0.6) is 5.75 Å². The van der Waals surface area contributed by atoms with E-state index in [2.05, 4.69) is 10.6 Å². The summed E-state index contributed by atoms with van der Waals surface area (Å²) in [4.78, 5) is 11.5. The van der Waals surface area contributed by atoms with E-state index in [1.54, 1.807) is 0 Å². The van der Waals surface area contributed by atoms with Crippen LogP contribution >= 0.6 is 0 Å². The van der Waals surface area contributed by atoms with Gasteiger partial charge in [-0.3, -0.25) is 4.79 Å². The molecule has 1 aromatic carbocycles. The van der Waals surface area contributed by atoms with Gasteiger partial charge in [0.15, 0.2) is 0 Å². The van der Waals surface area contributed by atoms with Crippen molar-refractivity contribution in [2.24, 2.45) is 0 Å². The highest BCUT2D eigenvalue weighted by molar-refractivity contribution is 5.99. The van der Waals surface area contributed by atoms with Crippen LogP contribution < -0.4 is 15.4 Å². The van der Waals surface area contributed by atoms with E-state index in [1.165, 1.54) is 0 Å². The molecular formula is C13H16N2O2. The number of rotatable bonds is 2. The molecular weight excluding hydrogens is 216 g/mol. The van der Waals surface area contributed by atoms with Crippen LogP contribution in [0.3, 0.4) is 0 Å². The standard InChI is InChI=1S/C13H16N2O2/c16-13-10-2-1-3-12(11(10)8-15-13)17-9-4-6-14-7-5-9/h1-3,9,14H,4-8H2,(H,15,16). The lowest BCUT2D eigenvalue weighted by atomic mass is 10.1. The molecule has 4 nitrogen and oxygen atoms in total. The van der Waals surface area contributed by atoms with E-state index in [1.807, 2.05) is 18.2 Å². The van der Waals surface area contributed by atoms with Crippen LogP contribution in [0.25, 0.3) is 0 Å². The molecule has 3 rings (SSSR count). The Balaban J connectivity index is 1.81. The number of hydrogen-bond acceptors (Lipinski definition) is 3. The minimum Gasteiger partial charge on any atom is -0.490 e. The summed E-state index contributed by atoms with van der Waals surface area (Å²) >= 11 is 0. The van der Waals surface area contributed by atoms with Crippen molar-refractivity contribution >= 4 is 5.91 Å². The number of benzene rings is 1. The summed E-state index contributed by atoms with van der Waals surface area (Å²) < 4.78 is 6.01. The molecule has 0 radical (unpaired) electrons. The Morgan fingerprint density at radius 3 is 2.88 bits per heavy atom. The molecule has 0 aliphatic carbocycles. The second kappa shape index (κ2) is 4.37. The Morgan fingerprint density at radius 1 is 1.24 bits per heavy atom. The van der Waals surface area contributed by atoms with Crippen LogP contribution in [0, 0.1) is 0 Å². The Hall–Kier alpha value is -1.55. The van der Waals surface area contributed by atoms with Crippen molar-refractivity contribution in [1.82, 2.24) is 10.6 Å². The molecule has 0 saturated carbocycles. The minimum absolute atomic E-state index is 0.00996. The number of carbonyl (C=O) groups is 1. The lowest BCUT2D eigenvalue weighted by Crippen LogP contribution is -2.34. The zero-order valence-electron chi connectivity index (χ0n) is 9.66. The van der Waals surface area contributed by atoms with E-state index in [4.69, 9.17) is 4.74 Å².